The average molecular weight is 488 g/mol. The molecule has 6 rings (SSSR count). The maximum atomic E-state index is 13.2. The van der Waals surface area contributed by atoms with Crippen molar-refractivity contribution >= 4 is 0 Å². The molecule has 2 aromatic rings. The van der Waals surface area contributed by atoms with Crippen LogP contribution >= 0.6 is 0 Å². The fourth-order valence-corrected chi connectivity index (χ4v) is 6.86. The molecule has 1 unspecified atom stereocenters. The van der Waals surface area contributed by atoms with Crippen molar-refractivity contribution in [3.8, 4) is 0 Å². The number of benzene rings is 1. The van der Waals surface area contributed by atoms with Crippen LogP contribution in [-0.2, 0) is 27.7 Å². The van der Waals surface area contributed by atoms with E-state index in [9.17, 15) is 18.3 Å². The lowest BCUT2D eigenvalue weighted by Gasteiger charge is -2.48. The van der Waals surface area contributed by atoms with E-state index in [1.54, 1.807) is 0 Å². The van der Waals surface area contributed by atoms with Crippen molar-refractivity contribution in [3.05, 3.63) is 63.5 Å². The molecule has 1 aromatic carbocycles. The van der Waals surface area contributed by atoms with Gasteiger partial charge in [-0.1, -0.05) is 32.4 Å². The maximum Gasteiger partial charge on any atom is 0.416 e. The van der Waals surface area contributed by atoms with E-state index in [2.05, 4.69) is 13.8 Å². The first-order valence-electron chi connectivity index (χ1n) is 12.8. The quantitative estimate of drug-likeness (QED) is 0.526. The summed E-state index contributed by atoms with van der Waals surface area (Å²) in [7, 11) is 0. The molecule has 1 saturated carbocycles. The van der Waals surface area contributed by atoms with Crippen molar-refractivity contribution in [3.63, 3.8) is 0 Å². The largest absolute Gasteiger partial charge is 0.416 e. The molecule has 0 radical (unpaired) electrons. The Hall–Kier alpha value is -1.96. The van der Waals surface area contributed by atoms with Crippen molar-refractivity contribution in [2.45, 2.75) is 88.7 Å². The molecule has 2 atom stereocenters. The van der Waals surface area contributed by atoms with E-state index in [-0.39, 0.29) is 11.3 Å². The average Bonchev–Trinajstić information content (AvgIpc) is 3.11. The normalized spacial score (nSPS) is 26.6. The molecule has 1 N–H and O–H groups in total. The summed E-state index contributed by atoms with van der Waals surface area (Å²) in [5.74, 6) is 0.112. The molecule has 0 amide bonds. The second-order valence-electron chi connectivity index (χ2n) is 11.3. The van der Waals surface area contributed by atoms with Crippen LogP contribution in [0.1, 0.15) is 110 Å². The lowest BCUT2D eigenvalue weighted by molar-refractivity contribution is -0.137. The van der Waals surface area contributed by atoms with Crippen LogP contribution in [-0.4, -0.2) is 23.3 Å². The predicted octanol–water partition coefficient (Wildman–Crippen LogP) is 6.50. The lowest BCUT2D eigenvalue weighted by atomic mass is 9.58. The van der Waals surface area contributed by atoms with Crippen LogP contribution in [0.2, 0.25) is 0 Å². The molecule has 1 saturated heterocycles. The third kappa shape index (κ3) is 3.65. The molecule has 7 heteroatoms. The van der Waals surface area contributed by atoms with Crippen LogP contribution in [0, 0.1) is 5.41 Å². The van der Waals surface area contributed by atoms with Crippen LogP contribution in [0.3, 0.4) is 0 Å². The van der Waals surface area contributed by atoms with E-state index in [4.69, 9.17) is 14.5 Å². The Labute approximate surface area is 203 Å². The van der Waals surface area contributed by atoms with Gasteiger partial charge in [-0.05, 0) is 60.3 Å². The number of halogens is 3. The van der Waals surface area contributed by atoms with Gasteiger partial charge in [-0.25, -0.2) is 0 Å². The number of fused-ring (bicyclic) bond motifs is 4. The van der Waals surface area contributed by atoms with Crippen molar-refractivity contribution in [2.24, 2.45) is 5.41 Å². The summed E-state index contributed by atoms with van der Waals surface area (Å²) < 4.78 is 52.3. The van der Waals surface area contributed by atoms with Gasteiger partial charge >= 0.3 is 6.18 Å². The molecular weight excluding hydrogens is 455 g/mol. The molecule has 35 heavy (non-hydrogen) atoms. The zero-order valence-corrected chi connectivity index (χ0v) is 20.3. The van der Waals surface area contributed by atoms with Crippen molar-refractivity contribution in [2.75, 3.05) is 13.2 Å². The minimum absolute atomic E-state index is 0.112. The highest BCUT2D eigenvalue weighted by Crippen LogP contribution is 2.60. The van der Waals surface area contributed by atoms with Gasteiger partial charge in [0.05, 0.1) is 17.3 Å². The van der Waals surface area contributed by atoms with Gasteiger partial charge < -0.3 is 14.6 Å². The number of nitrogens with zero attached hydrogens (tertiary/aromatic N) is 1. The highest BCUT2D eigenvalue weighted by atomic mass is 19.4. The van der Waals surface area contributed by atoms with E-state index < -0.39 is 29.5 Å². The Morgan fingerprint density at radius 2 is 1.71 bits per heavy atom. The molecule has 2 aliphatic heterocycles. The molecule has 188 valence electrons. The molecule has 4 aliphatic rings. The van der Waals surface area contributed by atoms with E-state index in [0.717, 1.165) is 65.9 Å². The molecule has 0 bridgehead atoms. The molecule has 2 fully saturated rings. The van der Waals surface area contributed by atoms with Gasteiger partial charge in [-0.15, -0.1) is 0 Å². The number of hydrogen-bond donors (Lipinski definition) is 1. The van der Waals surface area contributed by atoms with Crippen molar-refractivity contribution in [1.82, 2.24) is 4.98 Å². The number of hydrogen-bond acceptors (Lipinski definition) is 4. The summed E-state index contributed by atoms with van der Waals surface area (Å²) in [5.41, 5.74) is 4.38. The van der Waals surface area contributed by atoms with Crippen LogP contribution in [0.15, 0.2) is 24.3 Å². The molecule has 4 nitrogen and oxygen atoms in total. The van der Waals surface area contributed by atoms with Gasteiger partial charge in [0.25, 0.3) is 0 Å². The smallest absolute Gasteiger partial charge is 0.388 e. The fraction of sp³-hybridized carbons (Fsp3) is 0.607. The SMILES string of the molecule is CC(C)c1nc2c(c3c1[C@@H](c1ccc(C(F)(F)F)cc1)OC31CCOCC1)C(O)CC1(CCC1)C2. The Morgan fingerprint density at radius 1 is 1.03 bits per heavy atom. The third-order valence-corrected chi connectivity index (χ3v) is 8.75. The third-order valence-electron chi connectivity index (χ3n) is 8.75. The summed E-state index contributed by atoms with van der Waals surface area (Å²) in [6, 6.07) is 5.31. The minimum Gasteiger partial charge on any atom is -0.388 e. The van der Waals surface area contributed by atoms with Gasteiger partial charge in [0.1, 0.15) is 6.10 Å². The van der Waals surface area contributed by atoms with Gasteiger partial charge in [-0.2, -0.15) is 13.2 Å². The van der Waals surface area contributed by atoms with Crippen LogP contribution in [0.25, 0.3) is 0 Å². The second kappa shape index (κ2) is 8.02. The zero-order chi connectivity index (χ0) is 24.6. The number of alkyl halides is 3. The number of aromatic nitrogens is 1. The van der Waals surface area contributed by atoms with Crippen LogP contribution in [0.5, 0.6) is 0 Å². The number of aliphatic hydroxyl groups excluding tert-OH is 1. The van der Waals surface area contributed by atoms with Crippen LogP contribution in [0.4, 0.5) is 13.2 Å². The second-order valence-corrected chi connectivity index (χ2v) is 11.3. The molecule has 2 spiro atoms. The Bertz CT molecular complexity index is 1130. The fourth-order valence-electron chi connectivity index (χ4n) is 6.86. The van der Waals surface area contributed by atoms with Crippen molar-refractivity contribution in [1.29, 1.82) is 0 Å². The summed E-state index contributed by atoms with van der Waals surface area (Å²) in [6.45, 7) is 5.30. The number of ether oxygens (including phenoxy) is 2. The first-order chi connectivity index (χ1) is 16.6. The monoisotopic (exact) mass is 487 g/mol. The molecule has 3 heterocycles. The molecule has 2 aliphatic carbocycles. The highest BCUT2D eigenvalue weighted by molar-refractivity contribution is 5.54. The summed E-state index contributed by atoms with van der Waals surface area (Å²) in [6.07, 6.45) is 0.877. The summed E-state index contributed by atoms with van der Waals surface area (Å²) >= 11 is 0. The first kappa shape index (κ1) is 23.4. The Kier molecular flexibility index (Phi) is 5.37. The number of aliphatic hydroxyl groups is 1. The van der Waals surface area contributed by atoms with E-state index in [0.29, 0.717) is 31.6 Å². The van der Waals surface area contributed by atoms with Gasteiger partial charge in [-0.3, -0.25) is 4.98 Å². The zero-order valence-electron chi connectivity index (χ0n) is 20.3. The Morgan fingerprint density at radius 3 is 2.29 bits per heavy atom. The molecule has 1 aromatic heterocycles. The number of rotatable bonds is 2. The van der Waals surface area contributed by atoms with Gasteiger partial charge in [0.2, 0.25) is 0 Å². The first-order valence-corrected chi connectivity index (χ1v) is 12.8. The summed E-state index contributed by atoms with van der Waals surface area (Å²) in [5, 5.41) is 11.5. The highest BCUT2D eigenvalue weighted by Gasteiger charge is 2.53. The minimum atomic E-state index is -4.39. The predicted molar refractivity (Wildman–Crippen MR) is 124 cm³/mol. The Balaban J connectivity index is 1.55. The van der Waals surface area contributed by atoms with E-state index in [1.807, 2.05) is 0 Å². The summed E-state index contributed by atoms with van der Waals surface area (Å²) in [4.78, 5) is 5.17. The topological polar surface area (TPSA) is 51.6 Å². The van der Waals surface area contributed by atoms with Gasteiger partial charge in [0, 0.05) is 48.6 Å². The lowest BCUT2D eigenvalue weighted by Crippen LogP contribution is -2.40. The standard InChI is InChI=1S/C28H32F3NO3/c1-16(2)24-22-23(21-19(32-24)14-26(8-3-9-26)15-20(21)33)27(10-12-34-13-11-27)35-25(22)17-4-6-18(7-5-17)28(29,30)31/h4-7,16,20,25,33H,3,8-15H2,1-2H3/t20?,25-/m1/s1. The number of pyridine rings is 1. The van der Waals surface area contributed by atoms with E-state index in [1.165, 1.54) is 18.6 Å². The maximum absolute atomic E-state index is 13.2. The van der Waals surface area contributed by atoms with Crippen LogP contribution < -0.4 is 0 Å². The van der Waals surface area contributed by atoms with Crippen molar-refractivity contribution < 1.29 is 27.8 Å². The van der Waals surface area contributed by atoms with Gasteiger partial charge in [0.15, 0.2) is 0 Å². The molecular formula is C28H32F3NO3. The van der Waals surface area contributed by atoms with E-state index >= 15 is 0 Å².